The van der Waals surface area contributed by atoms with Crippen LogP contribution in [0.1, 0.15) is 15.9 Å². The number of hydrogen-bond donors (Lipinski definition) is 2. The number of carbonyl (C=O) groups excluding carboxylic acids is 1. The minimum Gasteiger partial charge on any atom is -0.508 e. The van der Waals surface area contributed by atoms with Crippen LogP contribution in [0.4, 0.5) is 0 Å². The molecule has 0 aliphatic rings. The number of hydrogen-bond acceptors (Lipinski definition) is 3. The summed E-state index contributed by atoms with van der Waals surface area (Å²) in [5.74, 6) is -0.348. The molecule has 1 amide bonds. The van der Waals surface area contributed by atoms with Crippen LogP contribution in [0, 0.1) is 0 Å². The summed E-state index contributed by atoms with van der Waals surface area (Å²) < 4.78 is 0.727. The fourth-order valence-electron chi connectivity index (χ4n) is 1.61. The van der Waals surface area contributed by atoms with Crippen LogP contribution in [0.25, 0.3) is 6.08 Å². The quantitative estimate of drug-likeness (QED) is 0.658. The van der Waals surface area contributed by atoms with Gasteiger partial charge >= 0.3 is 0 Å². The highest BCUT2D eigenvalue weighted by Gasteiger charge is 2.03. The van der Waals surface area contributed by atoms with Crippen LogP contribution in [0.15, 0.2) is 64.2 Å². The van der Waals surface area contributed by atoms with Crippen molar-refractivity contribution in [1.82, 2.24) is 5.43 Å². The fraction of sp³-hybridized carbons (Fsp3) is 0. The molecule has 4 nitrogen and oxygen atoms in total. The van der Waals surface area contributed by atoms with Crippen molar-refractivity contribution >= 4 is 34.1 Å². The molecule has 2 aromatic carbocycles. The number of nitrogens with one attached hydrogen (secondary N) is 1. The number of benzene rings is 2. The van der Waals surface area contributed by atoms with E-state index in [1.807, 2.05) is 36.4 Å². The molecule has 0 saturated carbocycles. The Bertz CT molecular complexity index is 682. The molecular weight excluding hydrogens is 332 g/mol. The van der Waals surface area contributed by atoms with Gasteiger partial charge in [0.25, 0.3) is 5.91 Å². The lowest BCUT2D eigenvalue weighted by Gasteiger charge is -2.00. The molecule has 0 aliphatic heterocycles. The van der Waals surface area contributed by atoms with E-state index in [4.69, 9.17) is 0 Å². The zero-order valence-electron chi connectivity index (χ0n) is 11.0. The second-order valence-corrected chi connectivity index (χ2v) is 5.11. The average Bonchev–Trinajstić information content (AvgIpc) is 2.48. The highest BCUT2D eigenvalue weighted by Crippen LogP contribution is 2.11. The number of halogens is 1. The van der Waals surface area contributed by atoms with Crippen LogP contribution in [-0.2, 0) is 0 Å². The van der Waals surface area contributed by atoms with Crippen molar-refractivity contribution in [2.45, 2.75) is 0 Å². The number of allylic oxidation sites excluding steroid dienone is 1. The number of rotatable bonds is 4. The van der Waals surface area contributed by atoms with E-state index in [0.717, 1.165) is 10.0 Å². The predicted molar refractivity (Wildman–Crippen MR) is 87.4 cm³/mol. The molecule has 0 aliphatic carbocycles. The van der Waals surface area contributed by atoms with Crippen LogP contribution < -0.4 is 5.43 Å². The van der Waals surface area contributed by atoms with Crippen LogP contribution in [0.5, 0.6) is 5.75 Å². The van der Waals surface area contributed by atoms with Gasteiger partial charge in [0.15, 0.2) is 0 Å². The summed E-state index contributed by atoms with van der Waals surface area (Å²) in [7, 11) is 0. The summed E-state index contributed by atoms with van der Waals surface area (Å²) >= 11 is 3.35. The van der Waals surface area contributed by atoms with Gasteiger partial charge in [-0.3, -0.25) is 4.79 Å². The molecule has 2 N–H and O–H groups in total. The van der Waals surface area contributed by atoms with E-state index in [2.05, 4.69) is 26.5 Å². The van der Waals surface area contributed by atoms with Crippen molar-refractivity contribution in [1.29, 1.82) is 0 Å². The van der Waals surface area contributed by atoms with Crippen LogP contribution in [0.2, 0.25) is 0 Å². The van der Waals surface area contributed by atoms with Gasteiger partial charge in [0.05, 0.1) is 6.21 Å². The van der Waals surface area contributed by atoms with Gasteiger partial charge in [-0.15, -0.1) is 0 Å². The third-order valence-electron chi connectivity index (χ3n) is 2.57. The summed E-state index contributed by atoms with van der Waals surface area (Å²) in [5, 5.41) is 13.2. The summed E-state index contributed by atoms with van der Waals surface area (Å²) in [6, 6.07) is 15.8. The molecule has 0 fully saturated rings. The van der Waals surface area contributed by atoms with Crippen molar-refractivity contribution in [2.75, 3.05) is 0 Å². The molecule has 0 aromatic heterocycles. The normalized spacial score (nSPS) is 11.6. The fourth-order valence-corrected chi connectivity index (χ4v) is 1.98. The molecule has 106 valence electrons. The van der Waals surface area contributed by atoms with Gasteiger partial charge in [-0.2, -0.15) is 5.10 Å². The van der Waals surface area contributed by atoms with Gasteiger partial charge in [0.1, 0.15) is 5.75 Å². The third-order valence-corrected chi connectivity index (χ3v) is 3.00. The Hall–Kier alpha value is -2.40. The minimum absolute atomic E-state index is 0.0387. The summed E-state index contributed by atoms with van der Waals surface area (Å²) in [6.07, 6.45) is 3.37. The maximum atomic E-state index is 11.8. The van der Waals surface area contributed by atoms with Gasteiger partial charge < -0.3 is 5.11 Å². The number of nitrogens with zero attached hydrogens (tertiary/aromatic N) is 1. The largest absolute Gasteiger partial charge is 0.508 e. The summed E-state index contributed by atoms with van der Waals surface area (Å²) in [6.45, 7) is 0. The summed E-state index contributed by atoms with van der Waals surface area (Å²) in [5.41, 5.74) is 3.76. The minimum atomic E-state index is -0.387. The number of amides is 1. The Balaban J connectivity index is 1.96. The maximum Gasteiger partial charge on any atom is 0.271 e. The Labute approximate surface area is 130 Å². The van der Waals surface area contributed by atoms with Crippen molar-refractivity contribution in [3.05, 3.63) is 70.2 Å². The number of carbonyl (C=O) groups is 1. The monoisotopic (exact) mass is 344 g/mol. The molecule has 0 atom stereocenters. The summed E-state index contributed by atoms with van der Waals surface area (Å²) in [4.78, 5) is 11.8. The van der Waals surface area contributed by atoms with Crippen molar-refractivity contribution in [3.63, 3.8) is 0 Å². The van der Waals surface area contributed by atoms with Gasteiger partial charge in [-0.05, 0) is 45.8 Å². The molecule has 2 aromatic rings. The first kappa shape index (κ1) is 15.0. The lowest BCUT2D eigenvalue weighted by molar-refractivity contribution is 0.0954. The average molecular weight is 345 g/mol. The van der Waals surface area contributed by atoms with Gasteiger partial charge in [0, 0.05) is 10.0 Å². The predicted octanol–water partition coefficient (Wildman–Crippen LogP) is 3.54. The second kappa shape index (κ2) is 7.40. The van der Waals surface area contributed by atoms with E-state index in [-0.39, 0.29) is 11.7 Å². The molecule has 21 heavy (non-hydrogen) atoms. The molecule has 5 heteroatoms. The van der Waals surface area contributed by atoms with Gasteiger partial charge in [0.2, 0.25) is 0 Å². The first-order chi connectivity index (χ1) is 10.1. The Morgan fingerprint density at radius 2 is 1.90 bits per heavy atom. The topological polar surface area (TPSA) is 61.7 Å². The zero-order chi connectivity index (χ0) is 15.1. The zero-order valence-corrected chi connectivity index (χ0v) is 12.6. The Kier molecular flexibility index (Phi) is 5.29. The van der Waals surface area contributed by atoms with E-state index in [1.165, 1.54) is 18.3 Å². The number of aromatic hydroxyl groups is 1. The van der Waals surface area contributed by atoms with Crippen molar-refractivity contribution in [2.24, 2.45) is 5.10 Å². The molecule has 0 saturated heterocycles. The lowest BCUT2D eigenvalue weighted by Crippen LogP contribution is -2.17. The standard InChI is InChI=1S/C16H13BrN2O2/c17-14(9-12-5-2-1-3-6-12)11-18-19-16(21)13-7-4-8-15(20)10-13/h1-11,20H,(H,19,21)/b14-9-,18-11-. The van der Waals surface area contributed by atoms with Crippen LogP contribution in [-0.4, -0.2) is 17.2 Å². The van der Waals surface area contributed by atoms with Crippen LogP contribution >= 0.6 is 15.9 Å². The lowest BCUT2D eigenvalue weighted by atomic mass is 10.2. The second-order valence-electron chi connectivity index (χ2n) is 4.19. The molecule has 0 radical (unpaired) electrons. The van der Waals surface area contributed by atoms with Crippen molar-refractivity contribution < 1.29 is 9.90 Å². The van der Waals surface area contributed by atoms with Crippen molar-refractivity contribution in [3.8, 4) is 5.75 Å². The van der Waals surface area contributed by atoms with E-state index in [1.54, 1.807) is 12.1 Å². The molecule has 0 heterocycles. The number of phenols is 1. The van der Waals surface area contributed by atoms with E-state index < -0.39 is 0 Å². The van der Waals surface area contributed by atoms with Gasteiger partial charge in [-0.1, -0.05) is 36.4 Å². The highest BCUT2D eigenvalue weighted by atomic mass is 79.9. The van der Waals surface area contributed by atoms with Gasteiger partial charge in [-0.25, -0.2) is 5.43 Å². The molecular formula is C16H13BrN2O2. The Morgan fingerprint density at radius 3 is 2.62 bits per heavy atom. The first-order valence-corrected chi connectivity index (χ1v) is 6.99. The van der Waals surface area contributed by atoms with E-state index in [0.29, 0.717) is 5.56 Å². The SMILES string of the molecule is O=C(N/N=C\C(Br)=C\c1ccccc1)c1cccc(O)c1. The highest BCUT2D eigenvalue weighted by molar-refractivity contribution is 9.12. The smallest absolute Gasteiger partial charge is 0.271 e. The molecule has 0 unspecified atom stereocenters. The molecule has 2 rings (SSSR count). The molecule has 0 spiro atoms. The first-order valence-electron chi connectivity index (χ1n) is 6.20. The Morgan fingerprint density at radius 1 is 1.14 bits per heavy atom. The van der Waals surface area contributed by atoms with E-state index >= 15 is 0 Å². The number of hydrazone groups is 1. The van der Waals surface area contributed by atoms with E-state index in [9.17, 15) is 9.90 Å². The molecule has 0 bridgehead atoms. The van der Waals surface area contributed by atoms with Crippen LogP contribution in [0.3, 0.4) is 0 Å². The number of phenolic OH excluding ortho intramolecular Hbond substituents is 1. The maximum absolute atomic E-state index is 11.8. The third kappa shape index (κ3) is 4.89.